The summed E-state index contributed by atoms with van der Waals surface area (Å²) in [5.74, 6) is -1.11. The van der Waals surface area contributed by atoms with Crippen LogP contribution in [0.5, 0.6) is 0 Å². The van der Waals surface area contributed by atoms with Gasteiger partial charge in [-0.2, -0.15) is 0 Å². The molecule has 0 aromatic heterocycles. The molecule has 0 spiro atoms. The quantitative estimate of drug-likeness (QED) is 0.0392. The highest BCUT2D eigenvalue weighted by molar-refractivity contribution is 5.79. The fourth-order valence-electron chi connectivity index (χ4n) is 19.0. The van der Waals surface area contributed by atoms with Crippen molar-refractivity contribution in [2.24, 2.45) is 50.2 Å². The number of hydrogen-bond acceptors (Lipinski definition) is 31. The summed E-state index contributed by atoms with van der Waals surface area (Å²) in [6.07, 6.45) is -40.2. The van der Waals surface area contributed by atoms with Crippen LogP contribution in [0.2, 0.25) is 0 Å². The van der Waals surface area contributed by atoms with E-state index in [1.54, 1.807) is 0 Å². The van der Waals surface area contributed by atoms with E-state index in [1.807, 2.05) is 6.92 Å². The third-order valence-corrected chi connectivity index (χ3v) is 25.3. The zero-order valence-electron chi connectivity index (χ0n) is 55.6. The van der Waals surface area contributed by atoms with Gasteiger partial charge in [-0.25, -0.2) is 0 Å². The summed E-state index contributed by atoms with van der Waals surface area (Å²) in [6.45, 7) is 13.1. The van der Waals surface area contributed by atoms with Crippen molar-refractivity contribution in [3.8, 4) is 0 Å². The molecule has 0 aromatic carbocycles. The van der Waals surface area contributed by atoms with Crippen LogP contribution in [0.25, 0.3) is 0 Å². The van der Waals surface area contributed by atoms with E-state index in [0.717, 1.165) is 5.57 Å². The Hall–Kier alpha value is -1.95. The molecule has 0 bridgehead atoms. The van der Waals surface area contributed by atoms with Crippen LogP contribution in [0.1, 0.15) is 120 Å². The van der Waals surface area contributed by atoms with Crippen LogP contribution in [-0.4, -0.2) is 315 Å². The minimum atomic E-state index is -1.93. The molecule has 4 saturated carbocycles. The van der Waals surface area contributed by atoms with Gasteiger partial charge in [0.1, 0.15) is 128 Å². The van der Waals surface area contributed by atoms with Crippen molar-refractivity contribution in [3.63, 3.8) is 0 Å². The Bertz CT molecular complexity index is 2690. The number of esters is 1. The van der Waals surface area contributed by atoms with Crippen LogP contribution in [-0.2, 0) is 61.6 Å². The molecule has 6 saturated heterocycles. The molecule has 10 fully saturated rings. The number of aliphatic hydroxyl groups is 18. The van der Waals surface area contributed by atoms with Crippen molar-refractivity contribution in [1.82, 2.24) is 0 Å². The maximum atomic E-state index is 15.3. The molecule has 31 heteroatoms. The molecule has 0 aromatic rings. The fraction of sp³-hybridized carbons (Fsp3) is 0.954. The van der Waals surface area contributed by atoms with E-state index in [4.69, 9.17) is 56.8 Å². The minimum absolute atomic E-state index is 0.0451. The lowest BCUT2D eigenvalue weighted by Gasteiger charge is -2.71. The van der Waals surface area contributed by atoms with Crippen molar-refractivity contribution < 1.29 is 154 Å². The lowest BCUT2D eigenvalue weighted by Crippen LogP contribution is -2.67. The maximum Gasteiger partial charge on any atom is 0.315 e. The highest BCUT2D eigenvalue weighted by atomic mass is 16.8. The maximum absolute atomic E-state index is 15.3. The van der Waals surface area contributed by atoms with E-state index < -0.39 is 238 Å². The lowest BCUT2D eigenvalue weighted by molar-refractivity contribution is -0.381. The first-order valence-corrected chi connectivity index (χ1v) is 34.1. The molecule has 96 heavy (non-hydrogen) atoms. The summed E-state index contributed by atoms with van der Waals surface area (Å²) in [4.78, 5) is 15.3. The summed E-state index contributed by atoms with van der Waals surface area (Å²) in [7, 11) is 0. The zero-order chi connectivity index (χ0) is 70.0. The van der Waals surface area contributed by atoms with Gasteiger partial charge in [0, 0.05) is 5.41 Å². The zero-order valence-corrected chi connectivity index (χ0v) is 55.6. The standard InChI is InChI=1S/C65H106O31/c1-25-36(69)41(74)46(79)54(87-25)94-51-30(21-67)90-53(50(83)45(51)78)85-22-31-39(72)44(77)49(82)57(91-31)96-59(84)65-17-15-60(3,4)19-28(65)27-9-10-34-61(5)13-12-35(62(6,24-68)33(61)11-14-64(34,8)63(27,7)16-18-65)93-58-52(95-55-47(80)42(75)37(70)26(2)88-55)40(73)32(23-86-58)92-56-48(81)43(76)38(71)29(20-66)89-56/h9,25-26,28-58,66-83H,10-24H2,1-8H3/t25-,26-,28-,29+,30+,31+,32-,33+,34+,35-,36-,37-,38+,39+,40-,41+,42+,43-,44-,45+,46+,47+,48+,49+,50+,51+,52+,53+,54-,55-,56-,57-,58-,61-,62-,63+,64+,65-/m0/s1. The predicted octanol–water partition coefficient (Wildman–Crippen LogP) is -4.72. The lowest BCUT2D eigenvalue weighted by atomic mass is 9.33. The molecule has 6 aliphatic heterocycles. The van der Waals surface area contributed by atoms with Gasteiger partial charge < -0.3 is 149 Å². The van der Waals surface area contributed by atoms with E-state index in [1.165, 1.54) is 13.8 Å². The first-order chi connectivity index (χ1) is 45.1. The molecule has 31 nitrogen and oxygen atoms in total. The second-order valence-corrected chi connectivity index (χ2v) is 31.3. The first kappa shape index (κ1) is 75.2. The van der Waals surface area contributed by atoms with Gasteiger partial charge in [-0.05, 0) is 117 Å². The third kappa shape index (κ3) is 12.8. The van der Waals surface area contributed by atoms with Gasteiger partial charge in [-0.15, -0.1) is 0 Å². The molecule has 5 aliphatic carbocycles. The molecule has 38 atom stereocenters. The normalized spacial score (nSPS) is 55.1. The monoisotopic (exact) mass is 1380 g/mol. The third-order valence-electron chi connectivity index (χ3n) is 25.3. The Kier molecular flexibility index (Phi) is 22.1. The van der Waals surface area contributed by atoms with Crippen molar-refractivity contribution >= 4 is 5.97 Å². The van der Waals surface area contributed by atoms with Crippen LogP contribution in [0.4, 0.5) is 0 Å². The number of rotatable bonds is 16. The molecule has 11 aliphatic rings. The van der Waals surface area contributed by atoms with E-state index in [2.05, 4.69) is 40.7 Å². The first-order valence-electron chi connectivity index (χ1n) is 34.1. The van der Waals surface area contributed by atoms with Gasteiger partial charge in [0.2, 0.25) is 6.29 Å². The van der Waals surface area contributed by atoms with Crippen LogP contribution >= 0.6 is 0 Å². The topological polar surface area (TPSA) is 492 Å². The van der Waals surface area contributed by atoms with Crippen molar-refractivity contribution in [2.75, 3.05) is 33.0 Å². The fourth-order valence-corrected chi connectivity index (χ4v) is 19.0. The molecule has 552 valence electrons. The second-order valence-electron chi connectivity index (χ2n) is 31.3. The van der Waals surface area contributed by atoms with E-state index in [0.29, 0.717) is 64.2 Å². The Labute approximate surface area is 556 Å². The summed E-state index contributed by atoms with van der Waals surface area (Å²) in [5, 5.41) is 196. The molecule has 0 amide bonds. The Morgan fingerprint density at radius 3 is 1.64 bits per heavy atom. The van der Waals surface area contributed by atoms with Crippen LogP contribution in [0.3, 0.4) is 0 Å². The number of hydrogen-bond donors (Lipinski definition) is 18. The number of aliphatic hydroxyl groups excluding tert-OH is 18. The molecule has 0 radical (unpaired) electrons. The highest BCUT2D eigenvalue weighted by Crippen LogP contribution is 2.76. The molecule has 11 rings (SSSR count). The smallest absolute Gasteiger partial charge is 0.315 e. The van der Waals surface area contributed by atoms with E-state index in [-0.39, 0.29) is 35.2 Å². The summed E-state index contributed by atoms with van der Waals surface area (Å²) >= 11 is 0. The molecular formula is C65H106O31. The van der Waals surface area contributed by atoms with Gasteiger partial charge in [0.05, 0.1) is 56.8 Å². The largest absolute Gasteiger partial charge is 0.432 e. The van der Waals surface area contributed by atoms with Crippen molar-refractivity contribution in [1.29, 1.82) is 0 Å². The minimum Gasteiger partial charge on any atom is -0.432 e. The van der Waals surface area contributed by atoms with Gasteiger partial charge >= 0.3 is 5.97 Å². The Balaban J connectivity index is 0.787. The molecule has 18 N–H and O–H groups in total. The number of allylic oxidation sites excluding steroid dienone is 2. The van der Waals surface area contributed by atoms with Gasteiger partial charge in [0.25, 0.3) is 0 Å². The average molecular weight is 1380 g/mol. The van der Waals surface area contributed by atoms with Gasteiger partial charge in [-0.1, -0.05) is 53.2 Å². The summed E-state index contributed by atoms with van der Waals surface area (Å²) in [5.41, 5.74) is -2.40. The average Bonchev–Trinajstić information content (AvgIpc) is 0.675. The van der Waals surface area contributed by atoms with Gasteiger partial charge in [0.15, 0.2) is 31.5 Å². The van der Waals surface area contributed by atoms with E-state index >= 15 is 4.79 Å². The number of carbonyl (C=O) groups is 1. The molecular weight excluding hydrogens is 1280 g/mol. The second kappa shape index (κ2) is 28.3. The number of ether oxygens (including phenoxy) is 12. The number of fused-ring (bicyclic) bond motifs is 7. The highest BCUT2D eigenvalue weighted by Gasteiger charge is 2.71. The van der Waals surface area contributed by atoms with Crippen molar-refractivity contribution in [2.45, 2.75) is 304 Å². The Morgan fingerprint density at radius 1 is 0.500 bits per heavy atom. The molecule has 6 heterocycles. The number of carbonyl (C=O) groups excluding carboxylic acids is 1. The van der Waals surface area contributed by atoms with Crippen LogP contribution in [0.15, 0.2) is 11.6 Å². The Morgan fingerprint density at radius 2 is 1.03 bits per heavy atom. The SMILES string of the molecule is C[C@@H]1O[C@@H](O[C@H]2[C@H](O[C@H]3CC[C@@]4(C)[C@@H](CC[C@]5(C)[C@@H]4CC=C4[C@@H]6CC(C)(C)CC[C@]6(C(=O)O[C@@H]6O[C@H](CO[C@@H]7O[C@H](CO)[C@@H](O[C@@H]8O[C@@H](C)[C@H](O)[C@@H](O)[C@H]8O)[C@H](O)[C@H]7O)[C@@H](O)[C@H](O)[C@H]6O)CC[C@]45C)[C@]3(C)CO)OC[C@H](O[C@@H]3O[C@H](CO)[C@@H](O)[C@H](O)[C@H]3O)[C@@H]2O)[C@H](O)[C@H](O)[C@H]1O. The molecule has 0 unspecified atom stereocenters. The summed E-state index contributed by atoms with van der Waals surface area (Å²) < 4.78 is 71.8. The van der Waals surface area contributed by atoms with E-state index in [9.17, 15) is 91.9 Å². The summed E-state index contributed by atoms with van der Waals surface area (Å²) in [6, 6.07) is 0. The van der Waals surface area contributed by atoms with Gasteiger partial charge in [-0.3, -0.25) is 4.79 Å². The van der Waals surface area contributed by atoms with Crippen LogP contribution in [0, 0.1) is 50.2 Å². The van der Waals surface area contributed by atoms with Crippen molar-refractivity contribution in [3.05, 3.63) is 11.6 Å². The predicted molar refractivity (Wildman–Crippen MR) is 321 cm³/mol. The van der Waals surface area contributed by atoms with Crippen LogP contribution < -0.4 is 0 Å².